The molecule has 0 spiro atoms. The first-order chi connectivity index (χ1) is 12.7. The molecule has 130 valence electrons. The van der Waals surface area contributed by atoms with E-state index in [-0.39, 0.29) is 18.4 Å². The van der Waals surface area contributed by atoms with Crippen LogP contribution in [0.3, 0.4) is 0 Å². The standard InChI is InChI=1S/C20H18N4O2/c1-24-12-11-21-20(24)19(14-7-3-2-4-8-14)22-18(25)13-16-15-9-5-6-10-17(15)26-23-16/h2-12,19H,13H2,1H3,(H,22,25)/t19-/m1/s1. The number of hydrogen-bond acceptors (Lipinski definition) is 4. The first-order valence-electron chi connectivity index (χ1n) is 8.37. The molecule has 4 rings (SSSR count). The number of imidazole rings is 1. The van der Waals surface area contributed by atoms with Crippen LogP contribution in [0.1, 0.15) is 23.1 Å². The highest BCUT2D eigenvalue weighted by Gasteiger charge is 2.21. The molecule has 0 bridgehead atoms. The van der Waals surface area contributed by atoms with Crippen molar-refractivity contribution in [2.45, 2.75) is 12.5 Å². The molecule has 26 heavy (non-hydrogen) atoms. The van der Waals surface area contributed by atoms with E-state index in [9.17, 15) is 4.79 Å². The summed E-state index contributed by atoms with van der Waals surface area (Å²) in [5.41, 5.74) is 2.28. The Balaban J connectivity index is 1.59. The second-order valence-electron chi connectivity index (χ2n) is 6.11. The summed E-state index contributed by atoms with van der Waals surface area (Å²) < 4.78 is 7.19. The van der Waals surface area contributed by atoms with E-state index in [1.165, 1.54) is 0 Å². The molecule has 0 fully saturated rings. The number of nitrogens with one attached hydrogen (secondary N) is 1. The Kier molecular flexibility index (Phi) is 4.23. The van der Waals surface area contributed by atoms with Crippen LogP contribution in [0.4, 0.5) is 0 Å². The van der Waals surface area contributed by atoms with Gasteiger partial charge in [0.05, 0.1) is 6.42 Å². The third-order valence-corrected chi connectivity index (χ3v) is 4.34. The Bertz CT molecular complexity index is 1040. The molecule has 0 saturated carbocycles. The minimum absolute atomic E-state index is 0.138. The van der Waals surface area contributed by atoms with E-state index in [1.807, 2.05) is 72.4 Å². The van der Waals surface area contributed by atoms with Gasteiger partial charge >= 0.3 is 0 Å². The van der Waals surface area contributed by atoms with Gasteiger partial charge in [0, 0.05) is 24.8 Å². The predicted molar refractivity (Wildman–Crippen MR) is 97.3 cm³/mol. The van der Waals surface area contributed by atoms with Gasteiger partial charge in [-0.2, -0.15) is 0 Å². The quantitative estimate of drug-likeness (QED) is 0.603. The normalized spacial score (nSPS) is 12.2. The number of para-hydroxylation sites is 1. The summed E-state index contributed by atoms with van der Waals surface area (Å²) in [6.07, 6.45) is 3.73. The number of fused-ring (bicyclic) bond motifs is 1. The summed E-state index contributed by atoms with van der Waals surface area (Å²) in [7, 11) is 1.91. The van der Waals surface area contributed by atoms with Crippen LogP contribution in [-0.4, -0.2) is 20.6 Å². The van der Waals surface area contributed by atoms with E-state index in [4.69, 9.17) is 4.52 Å². The molecule has 2 aromatic heterocycles. The van der Waals surface area contributed by atoms with Crippen molar-refractivity contribution in [3.05, 3.63) is 84.1 Å². The molecule has 1 amide bonds. The highest BCUT2D eigenvalue weighted by Crippen LogP contribution is 2.22. The van der Waals surface area contributed by atoms with Crippen LogP contribution in [0.25, 0.3) is 11.0 Å². The number of aryl methyl sites for hydroxylation is 1. The maximum atomic E-state index is 12.7. The molecule has 1 N–H and O–H groups in total. The van der Waals surface area contributed by atoms with Crippen LogP contribution in [0, 0.1) is 0 Å². The molecule has 2 aromatic carbocycles. The van der Waals surface area contributed by atoms with Crippen molar-refractivity contribution in [1.82, 2.24) is 20.0 Å². The summed E-state index contributed by atoms with van der Waals surface area (Å²) in [5, 5.41) is 7.97. The van der Waals surface area contributed by atoms with Crippen molar-refractivity contribution in [2.75, 3.05) is 0 Å². The number of benzene rings is 2. The molecule has 6 heteroatoms. The zero-order chi connectivity index (χ0) is 17.9. The lowest BCUT2D eigenvalue weighted by Gasteiger charge is -2.19. The van der Waals surface area contributed by atoms with E-state index in [0.29, 0.717) is 11.3 Å². The fourth-order valence-corrected chi connectivity index (χ4v) is 3.03. The minimum Gasteiger partial charge on any atom is -0.356 e. The SMILES string of the molecule is Cn1ccnc1[C@H](NC(=O)Cc1noc2ccccc12)c1ccccc1. The molecule has 0 saturated heterocycles. The van der Waals surface area contributed by atoms with Gasteiger partial charge in [-0.1, -0.05) is 47.6 Å². The second kappa shape index (κ2) is 6.84. The average Bonchev–Trinajstić information content (AvgIpc) is 3.27. The number of aromatic nitrogens is 3. The molecular formula is C20H18N4O2. The Labute approximate surface area is 150 Å². The van der Waals surface area contributed by atoms with Crippen LogP contribution in [0.15, 0.2) is 71.5 Å². The van der Waals surface area contributed by atoms with Gasteiger partial charge in [0.25, 0.3) is 0 Å². The van der Waals surface area contributed by atoms with Gasteiger partial charge in [-0.3, -0.25) is 4.79 Å². The Morgan fingerprint density at radius 1 is 1.15 bits per heavy atom. The Morgan fingerprint density at radius 3 is 2.69 bits per heavy atom. The maximum absolute atomic E-state index is 12.7. The Morgan fingerprint density at radius 2 is 1.92 bits per heavy atom. The smallest absolute Gasteiger partial charge is 0.227 e. The van der Waals surface area contributed by atoms with Gasteiger partial charge in [-0.15, -0.1) is 0 Å². The predicted octanol–water partition coefficient (Wildman–Crippen LogP) is 3.01. The van der Waals surface area contributed by atoms with Crippen molar-refractivity contribution in [3.8, 4) is 0 Å². The van der Waals surface area contributed by atoms with Crippen molar-refractivity contribution >= 4 is 16.9 Å². The molecule has 0 aliphatic heterocycles. The van der Waals surface area contributed by atoms with Crippen molar-refractivity contribution < 1.29 is 9.32 Å². The molecule has 1 atom stereocenters. The highest BCUT2D eigenvalue weighted by molar-refractivity contribution is 5.86. The van der Waals surface area contributed by atoms with Gasteiger partial charge in [-0.05, 0) is 17.7 Å². The molecule has 6 nitrogen and oxygen atoms in total. The largest absolute Gasteiger partial charge is 0.356 e. The molecular weight excluding hydrogens is 328 g/mol. The van der Waals surface area contributed by atoms with E-state index < -0.39 is 0 Å². The lowest BCUT2D eigenvalue weighted by atomic mass is 10.1. The molecule has 0 aliphatic rings. The summed E-state index contributed by atoms with van der Waals surface area (Å²) in [4.78, 5) is 17.1. The van der Waals surface area contributed by atoms with Gasteiger partial charge < -0.3 is 14.4 Å². The molecule has 0 radical (unpaired) electrons. The third-order valence-electron chi connectivity index (χ3n) is 4.34. The van der Waals surface area contributed by atoms with Gasteiger partial charge in [0.2, 0.25) is 5.91 Å². The number of hydrogen-bond donors (Lipinski definition) is 1. The monoisotopic (exact) mass is 346 g/mol. The first-order valence-corrected chi connectivity index (χ1v) is 8.37. The van der Waals surface area contributed by atoms with Crippen LogP contribution < -0.4 is 5.32 Å². The number of amides is 1. The molecule has 0 unspecified atom stereocenters. The minimum atomic E-state index is -0.332. The van der Waals surface area contributed by atoms with Gasteiger partial charge in [-0.25, -0.2) is 4.98 Å². The fraction of sp³-hybridized carbons (Fsp3) is 0.150. The van der Waals surface area contributed by atoms with E-state index >= 15 is 0 Å². The van der Waals surface area contributed by atoms with Crippen molar-refractivity contribution in [1.29, 1.82) is 0 Å². The number of carbonyl (C=O) groups is 1. The number of carbonyl (C=O) groups excluding carboxylic acids is 1. The number of nitrogens with zero attached hydrogens (tertiary/aromatic N) is 3. The maximum Gasteiger partial charge on any atom is 0.227 e. The van der Waals surface area contributed by atoms with E-state index in [2.05, 4.69) is 15.5 Å². The summed E-state index contributed by atoms with van der Waals surface area (Å²) >= 11 is 0. The molecule has 4 aromatic rings. The fourth-order valence-electron chi connectivity index (χ4n) is 3.03. The molecule has 2 heterocycles. The first kappa shape index (κ1) is 16.1. The lowest BCUT2D eigenvalue weighted by molar-refractivity contribution is -0.121. The average molecular weight is 346 g/mol. The van der Waals surface area contributed by atoms with Crippen LogP contribution in [0.2, 0.25) is 0 Å². The second-order valence-corrected chi connectivity index (χ2v) is 6.11. The lowest BCUT2D eigenvalue weighted by Crippen LogP contribution is -2.32. The summed E-state index contributed by atoms with van der Waals surface area (Å²) in [6, 6.07) is 17.0. The Hall–Kier alpha value is -3.41. The zero-order valence-electron chi connectivity index (χ0n) is 14.3. The van der Waals surface area contributed by atoms with Crippen LogP contribution >= 0.6 is 0 Å². The third kappa shape index (κ3) is 3.09. The number of rotatable bonds is 5. The topological polar surface area (TPSA) is 73.0 Å². The highest BCUT2D eigenvalue weighted by atomic mass is 16.5. The van der Waals surface area contributed by atoms with Gasteiger partial charge in [0.15, 0.2) is 5.58 Å². The molecule has 0 aliphatic carbocycles. The van der Waals surface area contributed by atoms with Crippen molar-refractivity contribution in [3.63, 3.8) is 0 Å². The van der Waals surface area contributed by atoms with E-state index in [1.54, 1.807) is 6.20 Å². The van der Waals surface area contributed by atoms with Crippen LogP contribution in [-0.2, 0) is 18.3 Å². The van der Waals surface area contributed by atoms with Crippen molar-refractivity contribution in [2.24, 2.45) is 7.05 Å². The van der Waals surface area contributed by atoms with E-state index in [0.717, 1.165) is 16.8 Å². The van der Waals surface area contributed by atoms with Crippen LogP contribution in [0.5, 0.6) is 0 Å². The summed E-state index contributed by atoms with van der Waals surface area (Å²) in [6.45, 7) is 0. The zero-order valence-corrected chi connectivity index (χ0v) is 14.3. The van der Waals surface area contributed by atoms with Gasteiger partial charge in [0.1, 0.15) is 17.6 Å². The summed E-state index contributed by atoms with van der Waals surface area (Å²) in [5.74, 6) is 0.635.